The van der Waals surface area contributed by atoms with E-state index in [4.69, 9.17) is 4.42 Å². The molecule has 9 aromatic rings. The molecule has 3 nitrogen and oxygen atoms in total. The molecule has 0 radical (unpaired) electrons. The SMILES string of the molecule is C1=CC(N(c2ccccc2)c2ccc(-c3cccc(-c4ccc(N(c5ccccc5)c5cccc6c5oc5ccccc56)cc4)c3)cc2)C2Sc3ccccc3C2=C1. The molecule has 0 amide bonds. The topological polar surface area (TPSA) is 19.6 Å². The summed E-state index contributed by atoms with van der Waals surface area (Å²) in [6.45, 7) is 0. The molecule has 276 valence electrons. The molecule has 0 spiro atoms. The molecule has 11 rings (SSSR count). The van der Waals surface area contributed by atoms with Gasteiger partial charge in [0.25, 0.3) is 0 Å². The predicted molar refractivity (Wildman–Crippen MR) is 245 cm³/mol. The minimum absolute atomic E-state index is 0.168. The summed E-state index contributed by atoms with van der Waals surface area (Å²) in [5, 5.41) is 2.54. The fourth-order valence-corrected chi connectivity index (χ4v) is 10.1. The molecular formula is C54H38N2OS. The molecule has 4 heteroatoms. The van der Waals surface area contributed by atoms with Gasteiger partial charge >= 0.3 is 0 Å². The largest absolute Gasteiger partial charge is 0.454 e. The Morgan fingerprint density at radius 3 is 1.81 bits per heavy atom. The van der Waals surface area contributed by atoms with E-state index in [2.05, 4.69) is 216 Å². The smallest absolute Gasteiger partial charge is 0.159 e. The second kappa shape index (κ2) is 14.5. The van der Waals surface area contributed by atoms with E-state index in [1.165, 1.54) is 44.1 Å². The number of thioether (sulfide) groups is 1. The average Bonchev–Trinajstić information content (AvgIpc) is 3.88. The third kappa shape index (κ3) is 6.01. The van der Waals surface area contributed by atoms with Crippen molar-refractivity contribution in [1.82, 2.24) is 0 Å². The van der Waals surface area contributed by atoms with Crippen LogP contribution in [0.25, 0.3) is 49.8 Å². The van der Waals surface area contributed by atoms with Crippen molar-refractivity contribution in [2.75, 3.05) is 9.80 Å². The summed E-state index contributed by atoms with van der Waals surface area (Å²) in [4.78, 5) is 6.15. The van der Waals surface area contributed by atoms with E-state index >= 15 is 0 Å². The quantitative estimate of drug-likeness (QED) is 0.153. The van der Waals surface area contributed by atoms with Crippen LogP contribution in [0.4, 0.5) is 28.4 Å². The van der Waals surface area contributed by atoms with Gasteiger partial charge in [-0.25, -0.2) is 0 Å². The number of benzene rings is 8. The monoisotopic (exact) mass is 762 g/mol. The molecule has 0 N–H and O–H groups in total. The van der Waals surface area contributed by atoms with Crippen LogP contribution in [0, 0.1) is 0 Å². The normalized spacial score (nSPS) is 15.6. The van der Waals surface area contributed by atoms with E-state index in [1.807, 2.05) is 23.9 Å². The summed E-state index contributed by atoms with van der Waals surface area (Å²) in [5.74, 6) is 0. The molecular weight excluding hydrogens is 725 g/mol. The molecule has 0 saturated heterocycles. The van der Waals surface area contributed by atoms with Crippen LogP contribution in [0.3, 0.4) is 0 Å². The van der Waals surface area contributed by atoms with Gasteiger partial charge in [0.05, 0.1) is 17.0 Å². The van der Waals surface area contributed by atoms with Crippen LogP contribution in [0.1, 0.15) is 5.56 Å². The van der Waals surface area contributed by atoms with Crippen LogP contribution in [0.2, 0.25) is 0 Å². The second-order valence-electron chi connectivity index (χ2n) is 14.8. The number of fused-ring (bicyclic) bond motifs is 6. The minimum atomic E-state index is 0.168. The summed E-state index contributed by atoms with van der Waals surface area (Å²) in [7, 11) is 0. The maximum absolute atomic E-state index is 6.51. The van der Waals surface area contributed by atoms with E-state index in [1.54, 1.807) is 0 Å². The van der Waals surface area contributed by atoms with Gasteiger partial charge in [-0.15, -0.1) is 11.8 Å². The van der Waals surface area contributed by atoms with Crippen molar-refractivity contribution in [2.45, 2.75) is 16.2 Å². The van der Waals surface area contributed by atoms with Crippen molar-refractivity contribution < 1.29 is 4.42 Å². The highest BCUT2D eigenvalue weighted by atomic mass is 32.2. The highest BCUT2D eigenvalue weighted by molar-refractivity contribution is 8.01. The maximum atomic E-state index is 6.51. The summed E-state index contributed by atoms with van der Waals surface area (Å²) in [6.07, 6.45) is 6.90. The van der Waals surface area contributed by atoms with E-state index in [9.17, 15) is 0 Å². The van der Waals surface area contributed by atoms with Crippen LogP contribution in [-0.4, -0.2) is 11.3 Å². The van der Waals surface area contributed by atoms with Crippen molar-refractivity contribution in [2.24, 2.45) is 0 Å². The highest BCUT2D eigenvalue weighted by Crippen LogP contribution is 2.50. The van der Waals surface area contributed by atoms with Gasteiger partial charge in [0, 0.05) is 38.4 Å². The molecule has 2 atom stereocenters. The zero-order valence-corrected chi connectivity index (χ0v) is 32.5. The lowest BCUT2D eigenvalue weighted by Crippen LogP contribution is -2.38. The van der Waals surface area contributed by atoms with Crippen LogP contribution in [0.15, 0.2) is 228 Å². The molecule has 0 saturated carbocycles. The lowest BCUT2D eigenvalue weighted by atomic mass is 9.92. The van der Waals surface area contributed by atoms with Crippen LogP contribution < -0.4 is 9.80 Å². The van der Waals surface area contributed by atoms with E-state index in [0.29, 0.717) is 5.25 Å². The van der Waals surface area contributed by atoms with Crippen molar-refractivity contribution in [3.8, 4) is 22.3 Å². The lowest BCUT2D eigenvalue weighted by Gasteiger charge is -2.37. The Labute approximate surface area is 342 Å². The number of hydrogen-bond donors (Lipinski definition) is 0. The third-order valence-electron chi connectivity index (χ3n) is 11.4. The van der Waals surface area contributed by atoms with Gasteiger partial charge < -0.3 is 14.2 Å². The molecule has 2 heterocycles. The lowest BCUT2D eigenvalue weighted by molar-refractivity contribution is 0.669. The average molecular weight is 763 g/mol. The fourth-order valence-electron chi connectivity index (χ4n) is 8.69. The molecule has 1 aliphatic carbocycles. The van der Waals surface area contributed by atoms with Gasteiger partial charge in [-0.1, -0.05) is 146 Å². The molecule has 0 fully saturated rings. The molecule has 2 unspecified atom stereocenters. The van der Waals surface area contributed by atoms with Crippen molar-refractivity contribution >= 4 is 67.7 Å². The Morgan fingerprint density at radius 1 is 0.466 bits per heavy atom. The molecule has 58 heavy (non-hydrogen) atoms. The number of para-hydroxylation sites is 4. The molecule has 1 aromatic heterocycles. The number of furan rings is 1. The van der Waals surface area contributed by atoms with Crippen molar-refractivity contribution in [3.05, 3.63) is 224 Å². The van der Waals surface area contributed by atoms with Crippen molar-refractivity contribution in [1.29, 1.82) is 0 Å². The Kier molecular flexibility index (Phi) is 8.56. The molecule has 8 aromatic carbocycles. The Bertz CT molecular complexity index is 2990. The molecule has 0 bridgehead atoms. The van der Waals surface area contributed by atoms with Crippen LogP contribution in [-0.2, 0) is 0 Å². The first-order chi connectivity index (χ1) is 28.8. The first kappa shape index (κ1) is 34.3. The zero-order chi connectivity index (χ0) is 38.4. The summed E-state index contributed by atoms with van der Waals surface area (Å²) >= 11 is 1.98. The summed E-state index contributed by atoms with van der Waals surface area (Å²) in [5.41, 5.74) is 14.8. The van der Waals surface area contributed by atoms with Gasteiger partial charge in [-0.3, -0.25) is 0 Å². The first-order valence-electron chi connectivity index (χ1n) is 19.8. The first-order valence-corrected chi connectivity index (χ1v) is 20.7. The van der Waals surface area contributed by atoms with Gasteiger partial charge in [0.1, 0.15) is 5.58 Å². The second-order valence-corrected chi connectivity index (χ2v) is 16.0. The third-order valence-corrected chi connectivity index (χ3v) is 12.8. The van der Waals surface area contributed by atoms with Gasteiger partial charge in [-0.2, -0.15) is 0 Å². The van der Waals surface area contributed by atoms with Crippen molar-refractivity contribution in [3.63, 3.8) is 0 Å². The number of nitrogens with zero attached hydrogens (tertiary/aromatic N) is 2. The van der Waals surface area contributed by atoms with Gasteiger partial charge in [0.15, 0.2) is 5.58 Å². The standard InChI is InChI=1S/C54H38N2OS/c1-3-16-41(17-4-1)55(49-24-12-22-47-45-20-7-9-26-51(45)57-53(47)49)43-32-28-37(29-33-43)39-14-11-15-40(36-39)38-30-34-44(35-31-38)56(42-18-5-2-6-19-42)50-25-13-23-48-46-21-8-10-27-52(46)58-54(48)50/h1-36,50,54H. The molecule has 2 aliphatic rings. The van der Waals surface area contributed by atoms with Crippen LogP contribution in [0.5, 0.6) is 0 Å². The Balaban J connectivity index is 0.902. The number of anilines is 5. The van der Waals surface area contributed by atoms with E-state index in [-0.39, 0.29) is 6.04 Å². The summed E-state index contributed by atoms with van der Waals surface area (Å²) < 4.78 is 6.51. The van der Waals surface area contributed by atoms with E-state index in [0.717, 1.165) is 44.6 Å². The van der Waals surface area contributed by atoms with Crippen LogP contribution >= 0.6 is 11.8 Å². The predicted octanol–water partition coefficient (Wildman–Crippen LogP) is 15.0. The maximum Gasteiger partial charge on any atom is 0.159 e. The number of rotatable bonds is 8. The summed E-state index contributed by atoms with van der Waals surface area (Å²) in [6, 6.07) is 71.8. The van der Waals surface area contributed by atoms with E-state index < -0.39 is 0 Å². The highest BCUT2D eigenvalue weighted by Gasteiger charge is 2.37. The van der Waals surface area contributed by atoms with Gasteiger partial charge in [-0.05, 0) is 106 Å². The fraction of sp³-hybridized carbons (Fsp3) is 0.0370. The number of hydrogen-bond acceptors (Lipinski definition) is 4. The molecule has 1 aliphatic heterocycles. The zero-order valence-electron chi connectivity index (χ0n) is 31.7. The minimum Gasteiger partial charge on any atom is -0.454 e. The Hall–Kier alpha value is -7.01. The number of allylic oxidation sites excluding steroid dienone is 2. The van der Waals surface area contributed by atoms with Gasteiger partial charge in [0.2, 0.25) is 0 Å². The Morgan fingerprint density at radius 2 is 1.05 bits per heavy atom.